The van der Waals surface area contributed by atoms with Crippen molar-refractivity contribution in [2.75, 3.05) is 0 Å². The van der Waals surface area contributed by atoms with Gasteiger partial charge in [-0.15, -0.1) is 0 Å². The first-order valence-electron chi connectivity index (χ1n) is 6.71. The molecule has 1 atom stereocenters. The Bertz CT molecular complexity index is 444. The zero-order chi connectivity index (χ0) is 15.9. The largest absolute Gasteiger partial charge is 0.407 e. The van der Waals surface area contributed by atoms with Crippen LogP contribution in [0.5, 0.6) is 0 Å². The maximum absolute atomic E-state index is 12.9. The maximum atomic E-state index is 12.9. The standard InChI is InChI=1S/C16H24F3N/c1-14(2,3)11-7-10(13(20)16(17,18)19)8-12(9-11)15(4,5)6/h7-9,13H,20H2,1-6H3/t13-/m0/s1. The van der Waals surface area contributed by atoms with Gasteiger partial charge in [-0.3, -0.25) is 0 Å². The molecule has 0 heterocycles. The molecule has 0 aliphatic carbocycles. The van der Waals surface area contributed by atoms with Gasteiger partial charge in [0.25, 0.3) is 0 Å². The third-order valence-electron chi connectivity index (χ3n) is 3.40. The minimum absolute atomic E-state index is 0.134. The van der Waals surface area contributed by atoms with Gasteiger partial charge < -0.3 is 5.73 Å². The van der Waals surface area contributed by atoms with Crippen molar-refractivity contribution in [2.45, 2.75) is 64.6 Å². The minimum atomic E-state index is -4.42. The molecule has 0 amide bonds. The summed E-state index contributed by atoms with van der Waals surface area (Å²) < 4.78 is 38.6. The molecule has 0 unspecified atom stereocenters. The minimum Gasteiger partial charge on any atom is -0.316 e. The predicted octanol–water partition coefficient (Wildman–Crippen LogP) is 4.84. The Morgan fingerprint density at radius 1 is 0.800 bits per heavy atom. The van der Waals surface area contributed by atoms with E-state index in [2.05, 4.69) is 0 Å². The van der Waals surface area contributed by atoms with Gasteiger partial charge in [-0.25, -0.2) is 0 Å². The SMILES string of the molecule is CC(C)(C)c1cc([C@H](N)C(F)(F)F)cc(C(C)(C)C)c1. The van der Waals surface area contributed by atoms with Crippen LogP contribution in [0.3, 0.4) is 0 Å². The van der Waals surface area contributed by atoms with Crippen molar-refractivity contribution in [1.82, 2.24) is 0 Å². The highest BCUT2D eigenvalue weighted by atomic mass is 19.4. The van der Waals surface area contributed by atoms with Gasteiger partial charge in [-0.2, -0.15) is 13.2 Å². The molecule has 2 N–H and O–H groups in total. The Hall–Kier alpha value is -1.03. The average Bonchev–Trinajstić information content (AvgIpc) is 2.23. The van der Waals surface area contributed by atoms with E-state index in [4.69, 9.17) is 5.73 Å². The van der Waals surface area contributed by atoms with Crippen LogP contribution in [0.2, 0.25) is 0 Å². The summed E-state index contributed by atoms with van der Waals surface area (Å²) in [6, 6.07) is 3.19. The quantitative estimate of drug-likeness (QED) is 0.785. The molecule has 4 heteroatoms. The van der Waals surface area contributed by atoms with Crippen molar-refractivity contribution in [3.05, 3.63) is 34.9 Å². The predicted molar refractivity (Wildman–Crippen MR) is 76.8 cm³/mol. The lowest BCUT2D eigenvalue weighted by Gasteiger charge is -2.28. The normalized spacial score (nSPS) is 15.3. The lowest BCUT2D eigenvalue weighted by molar-refractivity contribution is -0.149. The summed E-state index contributed by atoms with van der Waals surface area (Å²) in [6.45, 7) is 11.9. The van der Waals surface area contributed by atoms with E-state index in [9.17, 15) is 13.2 Å². The lowest BCUT2D eigenvalue weighted by Crippen LogP contribution is -2.29. The first-order valence-corrected chi connectivity index (χ1v) is 6.71. The Balaban J connectivity index is 3.47. The van der Waals surface area contributed by atoms with Crippen molar-refractivity contribution in [2.24, 2.45) is 5.73 Å². The highest BCUT2D eigenvalue weighted by Crippen LogP contribution is 2.36. The molecule has 0 saturated heterocycles. The fraction of sp³-hybridized carbons (Fsp3) is 0.625. The Morgan fingerprint density at radius 2 is 1.15 bits per heavy atom. The second-order valence-electron chi connectivity index (χ2n) is 7.36. The monoisotopic (exact) mass is 287 g/mol. The van der Waals surface area contributed by atoms with Gasteiger partial charge in [0.2, 0.25) is 0 Å². The average molecular weight is 287 g/mol. The topological polar surface area (TPSA) is 26.0 Å². The summed E-state index contributed by atoms with van der Waals surface area (Å²) in [5, 5.41) is 0. The number of benzene rings is 1. The summed E-state index contributed by atoms with van der Waals surface area (Å²) in [5.41, 5.74) is 6.81. The first-order chi connectivity index (χ1) is 8.73. The molecule has 0 saturated carbocycles. The van der Waals surface area contributed by atoms with Crippen molar-refractivity contribution >= 4 is 0 Å². The highest BCUT2D eigenvalue weighted by Gasteiger charge is 2.38. The van der Waals surface area contributed by atoms with Crippen molar-refractivity contribution in [3.8, 4) is 0 Å². The highest BCUT2D eigenvalue weighted by molar-refractivity contribution is 5.39. The van der Waals surface area contributed by atoms with Crippen LogP contribution in [-0.4, -0.2) is 6.18 Å². The number of hydrogen-bond donors (Lipinski definition) is 1. The molecule has 0 radical (unpaired) electrons. The van der Waals surface area contributed by atoms with Gasteiger partial charge in [0.1, 0.15) is 6.04 Å². The van der Waals surface area contributed by atoms with Gasteiger partial charge >= 0.3 is 6.18 Å². The van der Waals surface area contributed by atoms with Gasteiger partial charge in [0.15, 0.2) is 0 Å². The van der Waals surface area contributed by atoms with Crippen LogP contribution < -0.4 is 5.73 Å². The molecule has 0 fully saturated rings. The van der Waals surface area contributed by atoms with Crippen molar-refractivity contribution < 1.29 is 13.2 Å². The molecule has 1 nitrogen and oxygen atoms in total. The number of halogens is 3. The van der Waals surface area contributed by atoms with E-state index >= 15 is 0 Å². The van der Waals surface area contributed by atoms with Crippen molar-refractivity contribution in [3.63, 3.8) is 0 Å². The Labute approximate surface area is 119 Å². The van der Waals surface area contributed by atoms with Crippen LogP contribution >= 0.6 is 0 Å². The van der Waals surface area contributed by atoms with E-state index in [0.29, 0.717) is 0 Å². The van der Waals surface area contributed by atoms with Gasteiger partial charge in [0.05, 0.1) is 0 Å². The number of alkyl halides is 3. The van der Waals surface area contributed by atoms with Crippen LogP contribution in [0.1, 0.15) is 64.3 Å². The van der Waals surface area contributed by atoms with E-state index < -0.39 is 12.2 Å². The zero-order valence-electron chi connectivity index (χ0n) is 13.0. The molecule has 114 valence electrons. The second-order valence-corrected chi connectivity index (χ2v) is 7.36. The maximum Gasteiger partial charge on any atom is 0.407 e. The fourth-order valence-electron chi connectivity index (χ4n) is 1.89. The molecule has 1 aromatic rings. The summed E-state index contributed by atoms with van der Waals surface area (Å²) in [4.78, 5) is 0. The fourth-order valence-corrected chi connectivity index (χ4v) is 1.89. The molecule has 1 aromatic carbocycles. The van der Waals surface area contributed by atoms with Gasteiger partial charge in [-0.1, -0.05) is 59.7 Å². The molecule has 20 heavy (non-hydrogen) atoms. The Morgan fingerprint density at radius 3 is 1.40 bits per heavy atom. The molecule has 0 aliphatic rings. The molecule has 1 rings (SSSR count). The number of rotatable bonds is 1. The molecule has 0 spiro atoms. The smallest absolute Gasteiger partial charge is 0.316 e. The van der Waals surface area contributed by atoms with Crippen LogP contribution in [-0.2, 0) is 10.8 Å². The van der Waals surface area contributed by atoms with Crippen LogP contribution in [0.25, 0.3) is 0 Å². The molecular formula is C16H24F3N. The van der Waals surface area contributed by atoms with Crippen LogP contribution in [0, 0.1) is 0 Å². The molecular weight excluding hydrogens is 263 g/mol. The van der Waals surface area contributed by atoms with E-state index in [-0.39, 0.29) is 16.4 Å². The summed E-state index contributed by atoms with van der Waals surface area (Å²) in [7, 11) is 0. The van der Waals surface area contributed by atoms with E-state index in [1.165, 1.54) is 0 Å². The number of hydrogen-bond acceptors (Lipinski definition) is 1. The van der Waals surface area contributed by atoms with Crippen LogP contribution in [0.15, 0.2) is 18.2 Å². The van der Waals surface area contributed by atoms with Crippen LogP contribution in [0.4, 0.5) is 13.2 Å². The summed E-state index contributed by atoms with van der Waals surface area (Å²) in [6.07, 6.45) is -4.42. The summed E-state index contributed by atoms with van der Waals surface area (Å²) >= 11 is 0. The van der Waals surface area contributed by atoms with E-state index in [1.807, 2.05) is 47.6 Å². The summed E-state index contributed by atoms with van der Waals surface area (Å²) in [5.74, 6) is 0. The van der Waals surface area contributed by atoms with Gasteiger partial charge in [-0.05, 0) is 27.5 Å². The molecule has 0 aromatic heterocycles. The molecule has 0 aliphatic heterocycles. The van der Waals surface area contributed by atoms with E-state index in [0.717, 1.165) is 11.1 Å². The zero-order valence-corrected chi connectivity index (χ0v) is 13.0. The third-order valence-corrected chi connectivity index (χ3v) is 3.40. The second kappa shape index (κ2) is 5.06. The Kier molecular flexibility index (Phi) is 4.31. The van der Waals surface area contributed by atoms with E-state index in [1.54, 1.807) is 12.1 Å². The molecule has 0 bridgehead atoms. The van der Waals surface area contributed by atoms with Gasteiger partial charge in [0, 0.05) is 0 Å². The first kappa shape index (κ1) is 17.0. The lowest BCUT2D eigenvalue weighted by atomic mass is 9.79. The number of nitrogens with two attached hydrogens (primary N) is 1. The third kappa shape index (κ3) is 3.98. The van der Waals surface area contributed by atoms with Crippen molar-refractivity contribution in [1.29, 1.82) is 0 Å².